The minimum Gasteiger partial charge on any atom is -0.456 e. The molecule has 1 aliphatic carbocycles. The molecular weight excluding hydrogens is 300 g/mol. The summed E-state index contributed by atoms with van der Waals surface area (Å²) in [6.07, 6.45) is 2.84. The van der Waals surface area contributed by atoms with E-state index in [0.29, 0.717) is 21.0 Å². The highest BCUT2D eigenvalue weighted by atomic mass is 32.1. The van der Waals surface area contributed by atoms with E-state index >= 15 is 0 Å². The van der Waals surface area contributed by atoms with Gasteiger partial charge in [0, 0.05) is 5.92 Å². The minimum atomic E-state index is -0.602. The van der Waals surface area contributed by atoms with Gasteiger partial charge >= 0.3 is 5.97 Å². The Bertz CT molecular complexity index is 646. The minimum absolute atomic E-state index is 0.0268. The molecule has 0 bridgehead atoms. The molecule has 0 atom stereocenters. The van der Waals surface area contributed by atoms with E-state index in [9.17, 15) is 14.9 Å². The fourth-order valence-electron chi connectivity index (χ4n) is 2.14. The number of carbonyl (C=O) groups excluding carboxylic acids is 2. The number of carbonyl (C=O) groups is 2. The standard InChI is InChI=1S/C16H20N2O3S/c1-9-11(8-17)14(18-13(19)10-6-5-7-10)22-12(9)15(20)21-16(2,3)4/h10H,5-7H2,1-4H3,(H,18,19). The molecule has 2 rings (SSSR count). The largest absolute Gasteiger partial charge is 0.456 e. The maximum absolute atomic E-state index is 12.2. The van der Waals surface area contributed by atoms with Crippen molar-refractivity contribution in [2.24, 2.45) is 5.92 Å². The number of amides is 1. The Balaban J connectivity index is 2.24. The first-order valence-corrected chi connectivity index (χ1v) is 8.12. The molecule has 1 aromatic heterocycles. The van der Waals surface area contributed by atoms with E-state index in [0.717, 1.165) is 30.6 Å². The zero-order valence-corrected chi connectivity index (χ0v) is 14.1. The highest BCUT2D eigenvalue weighted by Gasteiger charge is 2.29. The number of hydrogen-bond acceptors (Lipinski definition) is 5. The van der Waals surface area contributed by atoms with Crippen molar-refractivity contribution in [2.75, 3.05) is 5.32 Å². The molecular formula is C16H20N2O3S. The Morgan fingerprint density at radius 3 is 2.45 bits per heavy atom. The predicted octanol–water partition coefficient (Wildman–Crippen LogP) is 3.62. The molecule has 1 aromatic rings. The molecule has 22 heavy (non-hydrogen) atoms. The molecule has 118 valence electrons. The van der Waals surface area contributed by atoms with Crippen molar-refractivity contribution in [1.82, 2.24) is 0 Å². The van der Waals surface area contributed by atoms with Crippen molar-refractivity contribution in [1.29, 1.82) is 5.26 Å². The summed E-state index contributed by atoms with van der Waals surface area (Å²) >= 11 is 1.11. The molecule has 0 aliphatic heterocycles. The summed E-state index contributed by atoms with van der Waals surface area (Å²) in [5, 5.41) is 12.5. The second kappa shape index (κ2) is 6.09. The van der Waals surface area contributed by atoms with Gasteiger partial charge in [0.25, 0.3) is 0 Å². The van der Waals surface area contributed by atoms with Crippen molar-refractivity contribution >= 4 is 28.2 Å². The van der Waals surface area contributed by atoms with Crippen LogP contribution >= 0.6 is 11.3 Å². The zero-order valence-electron chi connectivity index (χ0n) is 13.3. The van der Waals surface area contributed by atoms with Gasteiger partial charge in [-0.15, -0.1) is 11.3 Å². The van der Waals surface area contributed by atoms with Crippen molar-refractivity contribution < 1.29 is 14.3 Å². The number of ether oxygens (including phenoxy) is 1. The van der Waals surface area contributed by atoms with E-state index in [2.05, 4.69) is 11.4 Å². The topological polar surface area (TPSA) is 79.2 Å². The summed E-state index contributed by atoms with van der Waals surface area (Å²) < 4.78 is 5.35. The Kier molecular flexibility index (Phi) is 4.57. The van der Waals surface area contributed by atoms with Crippen LogP contribution in [0.5, 0.6) is 0 Å². The van der Waals surface area contributed by atoms with Crippen LogP contribution in [0.3, 0.4) is 0 Å². The molecule has 1 heterocycles. The normalized spacial score (nSPS) is 14.9. The Morgan fingerprint density at radius 2 is 2.00 bits per heavy atom. The van der Waals surface area contributed by atoms with E-state index in [1.54, 1.807) is 27.7 Å². The molecule has 1 aliphatic rings. The average Bonchev–Trinajstić information content (AvgIpc) is 2.61. The Hall–Kier alpha value is -1.87. The summed E-state index contributed by atoms with van der Waals surface area (Å²) in [4.78, 5) is 24.6. The zero-order chi connectivity index (χ0) is 16.5. The van der Waals surface area contributed by atoms with Crippen molar-refractivity contribution in [2.45, 2.75) is 52.6 Å². The smallest absolute Gasteiger partial charge is 0.349 e. The van der Waals surface area contributed by atoms with Gasteiger partial charge in [-0.2, -0.15) is 5.26 Å². The lowest BCUT2D eigenvalue weighted by Crippen LogP contribution is -2.27. The van der Waals surface area contributed by atoms with Crippen LogP contribution in [0.1, 0.15) is 60.8 Å². The number of hydrogen-bond donors (Lipinski definition) is 1. The quantitative estimate of drug-likeness (QED) is 0.863. The van der Waals surface area contributed by atoms with E-state index in [1.807, 2.05) is 0 Å². The number of thiophene rings is 1. The highest BCUT2D eigenvalue weighted by Crippen LogP contribution is 2.35. The third-order valence-corrected chi connectivity index (χ3v) is 4.74. The molecule has 5 nitrogen and oxygen atoms in total. The summed E-state index contributed by atoms with van der Waals surface area (Å²) in [7, 11) is 0. The molecule has 0 aromatic carbocycles. The first kappa shape index (κ1) is 16.5. The number of rotatable bonds is 3. The van der Waals surface area contributed by atoms with Crippen molar-refractivity contribution in [3.63, 3.8) is 0 Å². The predicted molar refractivity (Wildman–Crippen MR) is 84.9 cm³/mol. The van der Waals surface area contributed by atoms with Gasteiger partial charge in [-0.05, 0) is 46.1 Å². The molecule has 0 spiro atoms. The van der Waals surface area contributed by atoms with Gasteiger partial charge in [-0.3, -0.25) is 4.79 Å². The summed E-state index contributed by atoms with van der Waals surface area (Å²) in [6, 6.07) is 2.07. The maximum atomic E-state index is 12.2. The lowest BCUT2D eigenvalue weighted by Gasteiger charge is -2.23. The van der Waals surface area contributed by atoms with Gasteiger partial charge < -0.3 is 10.1 Å². The van der Waals surface area contributed by atoms with Crippen LogP contribution in [0.15, 0.2) is 0 Å². The summed E-state index contributed by atoms with van der Waals surface area (Å²) in [5.41, 5.74) is 0.305. The first-order valence-electron chi connectivity index (χ1n) is 7.30. The molecule has 1 fully saturated rings. The summed E-state index contributed by atoms with van der Waals surface area (Å²) in [6.45, 7) is 7.07. The third-order valence-electron chi connectivity index (χ3n) is 3.56. The third kappa shape index (κ3) is 3.47. The SMILES string of the molecule is Cc1c(C(=O)OC(C)(C)C)sc(NC(=O)C2CCC2)c1C#N. The monoisotopic (exact) mass is 320 g/mol. The number of nitrogens with zero attached hydrogens (tertiary/aromatic N) is 1. The van der Waals surface area contributed by atoms with Crippen LogP contribution in [0.25, 0.3) is 0 Å². The molecule has 1 N–H and O–H groups in total. The molecule has 0 radical (unpaired) electrons. The van der Waals surface area contributed by atoms with E-state index < -0.39 is 11.6 Å². The van der Waals surface area contributed by atoms with Crippen LogP contribution in [-0.4, -0.2) is 17.5 Å². The molecule has 6 heteroatoms. The Morgan fingerprint density at radius 1 is 1.36 bits per heavy atom. The fourth-order valence-corrected chi connectivity index (χ4v) is 3.18. The van der Waals surface area contributed by atoms with Crippen LogP contribution in [-0.2, 0) is 9.53 Å². The Labute approximate surface area is 134 Å². The molecule has 1 amide bonds. The number of nitrogens with one attached hydrogen (secondary N) is 1. The van der Waals surface area contributed by atoms with Gasteiger partial charge in [0.1, 0.15) is 21.5 Å². The fraction of sp³-hybridized carbons (Fsp3) is 0.562. The van der Waals surface area contributed by atoms with Gasteiger partial charge in [-0.25, -0.2) is 4.79 Å². The first-order chi connectivity index (χ1) is 10.2. The van der Waals surface area contributed by atoms with Gasteiger partial charge in [0.2, 0.25) is 5.91 Å². The lowest BCUT2D eigenvalue weighted by atomic mass is 9.85. The number of esters is 1. The van der Waals surface area contributed by atoms with Crippen molar-refractivity contribution in [3.8, 4) is 6.07 Å². The molecule has 0 unspecified atom stereocenters. The second-order valence-electron chi connectivity index (χ2n) is 6.49. The van der Waals surface area contributed by atoms with Crippen LogP contribution in [0.4, 0.5) is 5.00 Å². The van der Waals surface area contributed by atoms with E-state index in [1.165, 1.54) is 0 Å². The highest BCUT2D eigenvalue weighted by molar-refractivity contribution is 7.18. The lowest BCUT2D eigenvalue weighted by molar-refractivity contribution is -0.122. The maximum Gasteiger partial charge on any atom is 0.349 e. The average molecular weight is 320 g/mol. The molecule has 0 saturated heterocycles. The van der Waals surface area contributed by atoms with E-state index in [4.69, 9.17) is 4.74 Å². The van der Waals surface area contributed by atoms with Gasteiger partial charge in [-0.1, -0.05) is 6.42 Å². The van der Waals surface area contributed by atoms with Crippen LogP contribution < -0.4 is 5.32 Å². The number of anilines is 1. The second-order valence-corrected chi connectivity index (χ2v) is 7.51. The van der Waals surface area contributed by atoms with Crippen LogP contribution in [0, 0.1) is 24.2 Å². The van der Waals surface area contributed by atoms with Gasteiger partial charge in [0.15, 0.2) is 0 Å². The van der Waals surface area contributed by atoms with Crippen molar-refractivity contribution in [3.05, 3.63) is 16.0 Å². The summed E-state index contributed by atoms with van der Waals surface area (Å²) in [5.74, 6) is -0.505. The van der Waals surface area contributed by atoms with E-state index in [-0.39, 0.29) is 11.8 Å². The molecule has 1 saturated carbocycles. The number of nitriles is 1. The van der Waals surface area contributed by atoms with Crippen LogP contribution in [0.2, 0.25) is 0 Å². The van der Waals surface area contributed by atoms with Gasteiger partial charge in [0.05, 0.1) is 5.56 Å².